The molecule has 1 atom stereocenters. The molecule has 0 aromatic carbocycles. The predicted molar refractivity (Wildman–Crippen MR) is 74.4 cm³/mol. The van der Waals surface area contributed by atoms with Gasteiger partial charge in [-0.25, -0.2) is 8.42 Å². The Labute approximate surface area is 111 Å². The van der Waals surface area contributed by atoms with Gasteiger partial charge in [-0.15, -0.1) is 0 Å². The van der Waals surface area contributed by atoms with Crippen LogP contribution in [0.2, 0.25) is 0 Å². The van der Waals surface area contributed by atoms with Gasteiger partial charge in [-0.1, -0.05) is 26.2 Å². The summed E-state index contributed by atoms with van der Waals surface area (Å²) in [5, 5.41) is 12.9. The van der Waals surface area contributed by atoms with Gasteiger partial charge in [0.15, 0.2) is 9.84 Å². The maximum atomic E-state index is 11.4. The summed E-state index contributed by atoms with van der Waals surface area (Å²) in [6, 6.07) is 0. The number of hydrogen-bond acceptors (Lipinski definition) is 4. The molecule has 0 radical (unpaired) electrons. The van der Waals surface area contributed by atoms with Gasteiger partial charge in [-0.05, 0) is 25.7 Å². The molecule has 1 aliphatic rings. The molecule has 2 N–H and O–H groups in total. The Bertz CT molecular complexity index is 336. The van der Waals surface area contributed by atoms with E-state index >= 15 is 0 Å². The van der Waals surface area contributed by atoms with E-state index in [2.05, 4.69) is 5.32 Å². The monoisotopic (exact) mass is 277 g/mol. The molecule has 1 rings (SSSR count). The molecule has 1 saturated carbocycles. The van der Waals surface area contributed by atoms with Crippen LogP contribution in [0.5, 0.6) is 0 Å². The highest BCUT2D eigenvalue weighted by molar-refractivity contribution is 7.91. The molecule has 4 nitrogen and oxygen atoms in total. The first-order chi connectivity index (χ1) is 8.43. The fourth-order valence-corrected chi connectivity index (χ4v) is 3.41. The average molecular weight is 277 g/mol. The van der Waals surface area contributed by atoms with Crippen LogP contribution in [0.4, 0.5) is 0 Å². The van der Waals surface area contributed by atoms with Crippen molar-refractivity contribution in [2.75, 3.05) is 24.7 Å². The van der Waals surface area contributed by atoms with Gasteiger partial charge in [0.05, 0.1) is 12.4 Å². The van der Waals surface area contributed by atoms with Crippen LogP contribution in [0.3, 0.4) is 0 Å². The lowest BCUT2D eigenvalue weighted by Gasteiger charge is -2.39. The van der Waals surface area contributed by atoms with Gasteiger partial charge in [0.2, 0.25) is 0 Å². The molecular weight excluding hydrogens is 250 g/mol. The molecule has 18 heavy (non-hydrogen) atoms. The highest BCUT2D eigenvalue weighted by Crippen LogP contribution is 2.32. The van der Waals surface area contributed by atoms with Crippen LogP contribution in [-0.2, 0) is 9.84 Å². The quantitative estimate of drug-likeness (QED) is 0.737. The number of sulfone groups is 1. The number of hydrogen-bond donors (Lipinski definition) is 2. The molecule has 108 valence electrons. The van der Waals surface area contributed by atoms with Crippen LogP contribution in [0, 0.1) is 5.92 Å². The Morgan fingerprint density at radius 2 is 1.89 bits per heavy atom. The number of nitrogens with one attached hydrogen (secondary N) is 1. The zero-order valence-electron chi connectivity index (χ0n) is 11.6. The van der Waals surface area contributed by atoms with Crippen LogP contribution < -0.4 is 5.32 Å². The molecule has 0 heterocycles. The van der Waals surface area contributed by atoms with Gasteiger partial charge in [0, 0.05) is 17.8 Å². The second kappa shape index (κ2) is 6.87. The van der Waals surface area contributed by atoms with E-state index < -0.39 is 9.84 Å². The van der Waals surface area contributed by atoms with Crippen molar-refractivity contribution in [2.45, 2.75) is 51.5 Å². The van der Waals surface area contributed by atoms with Gasteiger partial charge in [0.25, 0.3) is 0 Å². The molecule has 0 aliphatic heterocycles. The highest BCUT2D eigenvalue weighted by Gasteiger charge is 2.33. The normalized spacial score (nSPS) is 21.7. The van der Waals surface area contributed by atoms with Crippen molar-refractivity contribution in [3.8, 4) is 0 Å². The second-order valence-electron chi connectivity index (χ2n) is 5.57. The van der Waals surface area contributed by atoms with E-state index in [1.807, 2.05) is 6.92 Å². The molecule has 0 aromatic rings. The van der Waals surface area contributed by atoms with Crippen molar-refractivity contribution in [3.05, 3.63) is 0 Å². The molecule has 0 amide bonds. The average Bonchev–Trinajstić information content (AvgIpc) is 2.39. The maximum absolute atomic E-state index is 11.4. The summed E-state index contributed by atoms with van der Waals surface area (Å²) in [6.07, 6.45) is 5.97. The van der Waals surface area contributed by atoms with E-state index in [4.69, 9.17) is 0 Å². The van der Waals surface area contributed by atoms with Gasteiger partial charge >= 0.3 is 0 Å². The molecule has 1 aliphatic carbocycles. The highest BCUT2D eigenvalue weighted by atomic mass is 32.2. The van der Waals surface area contributed by atoms with E-state index in [1.165, 1.54) is 19.3 Å². The van der Waals surface area contributed by atoms with Gasteiger partial charge in [-0.3, -0.25) is 0 Å². The number of aliphatic hydroxyl groups excluding tert-OH is 1. The standard InChI is InChI=1S/C13H27NO3S/c1-3-18(16,17)10-9-14-13(2,11-15)12-7-5-4-6-8-12/h12,14-15H,3-11H2,1-2H3/t13-/m1/s1. The van der Waals surface area contributed by atoms with Crippen molar-refractivity contribution in [2.24, 2.45) is 5.92 Å². The maximum Gasteiger partial charge on any atom is 0.151 e. The van der Waals surface area contributed by atoms with Crippen molar-refractivity contribution < 1.29 is 13.5 Å². The van der Waals surface area contributed by atoms with Gasteiger partial charge in [0.1, 0.15) is 0 Å². The molecule has 0 spiro atoms. The van der Waals surface area contributed by atoms with Gasteiger partial charge < -0.3 is 10.4 Å². The largest absolute Gasteiger partial charge is 0.394 e. The Morgan fingerprint density at radius 3 is 2.39 bits per heavy atom. The lowest BCUT2D eigenvalue weighted by molar-refractivity contribution is 0.0971. The van der Waals surface area contributed by atoms with Crippen LogP contribution in [0.15, 0.2) is 0 Å². The molecule has 5 heteroatoms. The molecular formula is C13H27NO3S. The van der Waals surface area contributed by atoms with Gasteiger partial charge in [-0.2, -0.15) is 0 Å². The second-order valence-corrected chi connectivity index (χ2v) is 8.05. The van der Waals surface area contributed by atoms with E-state index in [1.54, 1.807) is 6.92 Å². The summed E-state index contributed by atoms with van der Waals surface area (Å²) in [6.45, 7) is 4.19. The number of aliphatic hydroxyl groups is 1. The van der Waals surface area contributed by atoms with Crippen molar-refractivity contribution in [3.63, 3.8) is 0 Å². The summed E-state index contributed by atoms with van der Waals surface area (Å²) in [5.74, 6) is 0.806. The Hall–Kier alpha value is -0.130. The van der Waals surface area contributed by atoms with Crippen molar-refractivity contribution in [1.82, 2.24) is 5.32 Å². The first-order valence-corrected chi connectivity index (χ1v) is 8.82. The number of rotatable bonds is 7. The summed E-state index contributed by atoms with van der Waals surface area (Å²) in [7, 11) is -2.92. The minimum atomic E-state index is -2.92. The minimum absolute atomic E-state index is 0.0733. The van der Waals surface area contributed by atoms with Crippen LogP contribution >= 0.6 is 0 Å². The van der Waals surface area contributed by atoms with E-state index in [9.17, 15) is 13.5 Å². The third-order valence-electron chi connectivity index (χ3n) is 4.22. The topological polar surface area (TPSA) is 66.4 Å². The first-order valence-electron chi connectivity index (χ1n) is 7.00. The Balaban J connectivity index is 2.49. The molecule has 0 unspecified atom stereocenters. The summed E-state index contributed by atoms with van der Waals surface area (Å²) >= 11 is 0. The summed E-state index contributed by atoms with van der Waals surface area (Å²) < 4.78 is 22.9. The Morgan fingerprint density at radius 1 is 1.28 bits per heavy atom. The SMILES string of the molecule is CCS(=O)(=O)CCN[C@](C)(CO)C1CCCCC1. The predicted octanol–water partition coefficient (Wildman–Crippen LogP) is 1.34. The van der Waals surface area contributed by atoms with E-state index in [-0.39, 0.29) is 23.7 Å². The van der Waals surface area contributed by atoms with Crippen molar-refractivity contribution in [1.29, 1.82) is 0 Å². The third-order valence-corrected chi connectivity index (χ3v) is 5.92. The lowest BCUT2D eigenvalue weighted by atomic mass is 9.76. The zero-order chi connectivity index (χ0) is 13.6. The lowest BCUT2D eigenvalue weighted by Crippen LogP contribution is -2.53. The fraction of sp³-hybridized carbons (Fsp3) is 1.00. The van der Waals surface area contributed by atoms with Crippen molar-refractivity contribution >= 4 is 9.84 Å². The van der Waals surface area contributed by atoms with E-state index in [0.717, 1.165) is 12.8 Å². The minimum Gasteiger partial charge on any atom is -0.394 e. The van der Waals surface area contributed by atoms with Crippen LogP contribution in [-0.4, -0.2) is 43.7 Å². The third kappa shape index (κ3) is 4.52. The molecule has 0 aromatic heterocycles. The Kier molecular flexibility index (Phi) is 6.08. The zero-order valence-corrected chi connectivity index (χ0v) is 12.4. The van der Waals surface area contributed by atoms with Crippen LogP contribution in [0.25, 0.3) is 0 Å². The first kappa shape index (κ1) is 15.9. The smallest absolute Gasteiger partial charge is 0.151 e. The van der Waals surface area contributed by atoms with Crippen LogP contribution in [0.1, 0.15) is 46.0 Å². The summed E-state index contributed by atoms with van der Waals surface area (Å²) in [5.41, 5.74) is -0.330. The fourth-order valence-electron chi connectivity index (χ4n) is 2.71. The van der Waals surface area contributed by atoms with E-state index in [0.29, 0.717) is 12.5 Å². The molecule has 1 fully saturated rings. The molecule has 0 bridgehead atoms. The summed E-state index contributed by atoms with van der Waals surface area (Å²) in [4.78, 5) is 0. The molecule has 0 saturated heterocycles.